The topological polar surface area (TPSA) is 34.6 Å². The van der Waals surface area contributed by atoms with Gasteiger partial charge in [0.2, 0.25) is 0 Å². The first kappa shape index (κ1) is 27.4. The standard InChI is InChI=1S/C36H32N4.Pt/c1-35(2,3)31-19-23-13-7-9-15-25(23)33-37-29(21-39(31)33)27-17-11-12-18-28(27)30-22-40-32(36(4,5)6)20-24-14-8-10-16-26(24)34(40)38-30;/h7-14,17-22H,1-6H3;/q-2;+2. The number of rotatable bonds is 2. The smallest absolute Gasteiger partial charge is 0.343 e. The Morgan fingerprint density at radius 3 is 1.39 bits per heavy atom. The summed E-state index contributed by atoms with van der Waals surface area (Å²) >= 11 is 0. The third kappa shape index (κ3) is 4.50. The van der Waals surface area contributed by atoms with E-state index in [1.54, 1.807) is 0 Å². The number of pyridine rings is 2. The molecular formula is C36H32N4Pt. The van der Waals surface area contributed by atoms with Crippen LogP contribution in [0, 0.1) is 12.1 Å². The molecule has 0 N–H and O–H groups in total. The molecule has 4 nitrogen and oxygen atoms in total. The second kappa shape index (κ2) is 9.67. The Bertz CT molecular complexity index is 1930. The van der Waals surface area contributed by atoms with Crippen molar-refractivity contribution in [1.29, 1.82) is 0 Å². The number of benzene rings is 3. The Balaban J connectivity index is 0.00000302. The van der Waals surface area contributed by atoms with Gasteiger partial charge in [-0.15, -0.1) is 70.1 Å². The molecule has 3 aromatic carbocycles. The molecule has 0 unspecified atom stereocenters. The molecule has 7 rings (SSSR count). The molecule has 0 saturated carbocycles. The van der Waals surface area contributed by atoms with E-state index in [4.69, 9.17) is 9.97 Å². The molecule has 0 aliphatic carbocycles. The van der Waals surface area contributed by atoms with Crippen LogP contribution in [0.3, 0.4) is 0 Å². The molecule has 206 valence electrons. The van der Waals surface area contributed by atoms with Gasteiger partial charge in [0.25, 0.3) is 0 Å². The van der Waals surface area contributed by atoms with Crippen molar-refractivity contribution >= 4 is 32.8 Å². The Morgan fingerprint density at radius 1 is 0.585 bits per heavy atom. The second-order valence-electron chi connectivity index (χ2n) is 12.7. The zero-order chi connectivity index (χ0) is 27.8. The van der Waals surface area contributed by atoms with Crippen LogP contribution in [0.15, 0.2) is 85.2 Å². The van der Waals surface area contributed by atoms with Crippen molar-refractivity contribution in [3.8, 4) is 22.5 Å². The normalized spacial score (nSPS) is 12.4. The van der Waals surface area contributed by atoms with Gasteiger partial charge in [-0.1, -0.05) is 77.9 Å². The van der Waals surface area contributed by atoms with E-state index in [2.05, 4.69) is 123 Å². The monoisotopic (exact) mass is 715 g/mol. The molecule has 5 heteroatoms. The van der Waals surface area contributed by atoms with Crippen LogP contribution in [-0.2, 0) is 31.9 Å². The summed E-state index contributed by atoms with van der Waals surface area (Å²) in [6, 6.07) is 32.2. The van der Waals surface area contributed by atoms with E-state index in [0.29, 0.717) is 0 Å². The summed E-state index contributed by atoms with van der Waals surface area (Å²) in [7, 11) is 0. The molecular weight excluding hydrogens is 684 g/mol. The molecule has 7 aromatic rings. The summed E-state index contributed by atoms with van der Waals surface area (Å²) in [5.74, 6) is 0. The van der Waals surface area contributed by atoms with E-state index < -0.39 is 0 Å². The third-order valence-corrected chi connectivity index (χ3v) is 7.76. The number of imidazole rings is 2. The van der Waals surface area contributed by atoms with Gasteiger partial charge in [0.1, 0.15) is 0 Å². The maximum absolute atomic E-state index is 5.22. The average Bonchev–Trinajstić information content (AvgIpc) is 3.57. The van der Waals surface area contributed by atoms with E-state index in [1.165, 1.54) is 11.4 Å². The average molecular weight is 716 g/mol. The maximum Gasteiger partial charge on any atom is 2.00 e. The van der Waals surface area contributed by atoms with Crippen molar-refractivity contribution in [3.05, 3.63) is 109 Å². The van der Waals surface area contributed by atoms with Crippen LogP contribution < -0.4 is 0 Å². The van der Waals surface area contributed by atoms with Crippen LogP contribution in [0.25, 0.3) is 55.4 Å². The van der Waals surface area contributed by atoms with Crippen LogP contribution in [0.2, 0.25) is 0 Å². The Kier molecular flexibility index (Phi) is 6.47. The van der Waals surface area contributed by atoms with Crippen LogP contribution in [0.5, 0.6) is 0 Å². The van der Waals surface area contributed by atoms with Gasteiger partial charge in [-0.3, -0.25) is 9.97 Å². The van der Waals surface area contributed by atoms with Crippen molar-refractivity contribution in [2.45, 2.75) is 52.4 Å². The van der Waals surface area contributed by atoms with E-state index in [9.17, 15) is 0 Å². The molecule has 0 radical (unpaired) electrons. The quantitative estimate of drug-likeness (QED) is 0.168. The summed E-state index contributed by atoms with van der Waals surface area (Å²) in [5.41, 5.74) is 8.16. The second-order valence-corrected chi connectivity index (χ2v) is 12.7. The minimum Gasteiger partial charge on any atom is -0.343 e. The van der Waals surface area contributed by atoms with Gasteiger partial charge in [0.05, 0.1) is 22.7 Å². The Morgan fingerprint density at radius 2 is 1.00 bits per heavy atom. The fourth-order valence-corrected chi connectivity index (χ4v) is 5.79. The van der Waals surface area contributed by atoms with Gasteiger partial charge >= 0.3 is 21.1 Å². The third-order valence-electron chi connectivity index (χ3n) is 7.76. The molecule has 0 aliphatic heterocycles. The largest absolute Gasteiger partial charge is 2.00 e. The van der Waals surface area contributed by atoms with Gasteiger partial charge in [-0.2, -0.15) is 0 Å². The summed E-state index contributed by atoms with van der Waals surface area (Å²) in [6.07, 6.45) is 4.35. The molecule has 4 aromatic heterocycles. The van der Waals surface area contributed by atoms with E-state index in [-0.39, 0.29) is 31.9 Å². The predicted molar refractivity (Wildman–Crippen MR) is 165 cm³/mol. The van der Waals surface area contributed by atoms with Crippen molar-refractivity contribution in [2.24, 2.45) is 0 Å². The minimum absolute atomic E-state index is 0. The first-order valence-corrected chi connectivity index (χ1v) is 13.9. The van der Waals surface area contributed by atoms with Crippen molar-refractivity contribution < 1.29 is 21.1 Å². The zero-order valence-electron chi connectivity index (χ0n) is 24.2. The van der Waals surface area contributed by atoms with Gasteiger partial charge in [0.15, 0.2) is 0 Å². The van der Waals surface area contributed by atoms with Crippen LogP contribution in [0.1, 0.15) is 52.9 Å². The van der Waals surface area contributed by atoms with E-state index in [1.807, 2.05) is 24.3 Å². The molecule has 0 bridgehead atoms. The Hall–Kier alpha value is -3.75. The Labute approximate surface area is 255 Å². The first-order chi connectivity index (χ1) is 19.1. The molecule has 0 atom stereocenters. The maximum atomic E-state index is 5.22. The number of hydrogen-bond donors (Lipinski definition) is 0. The van der Waals surface area contributed by atoms with Gasteiger partial charge < -0.3 is 8.80 Å². The molecule has 4 heterocycles. The zero-order valence-corrected chi connectivity index (χ0v) is 26.5. The van der Waals surface area contributed by atoms with Gasteiger partial charge in [0, 0.05) is 45.7 Å². The molecule has 0 amide bonds. The summed E-state index contributed by atoms with van der Waals surface area (Å²) in [5, 5.41) is 4.37. The predicted octanol–water partition coefficient (Wildman–Crippen LogP) is 8.82. The number of hydrogen-bond acceptors (Lipinski definition) is 2. The van der Waals surface area contributed by atoms with Crippen molar-refractivity contribution in [2.75, 3.05) is 0 Å². The minimum atomic E-state index is -0.0533. The fraction of sp³-hybridized carbons (Fsp3) is 0.222. The van der Waals surface area contributed by atoms with Crippen LogP contribution in [0.4, 0.5) is 0 Å². The SMILES string of the molecule is CC(C)(C)c1cc2ccc[c-]c2c2nc(-c3ccccc3-c3cn4c(C(C)(C)C)cc5ccc[c-]c5c4n3)cn12.[Pt+2]. The number of aromatic nitrogens is 4. The van der Waals surface area contributed by atoms with Crippen LogP contribution in [-0.4, -0.2) is 18.8 Å². The molecule has 0 fully saturated rings. The van der Waals surface area contributed by atoms with E-state index >= 15 is 0 Å². The molecule has 0 spiro atoms. The van der Waals surface area contributed by atoms with Crippen molar-refractivity contribution in [3.63, 3.8) is 0 Å². The number of nitrogens with zero attached hydrogens (tertiary/aromatic N) is 4. The molecule has 0 saturated heterocycles. The summed E-state index contributed by atoms with van der Waals surface area (Å²) in [6.45, 7) is 13.5. The summed E-state index contributed by atoms with van der Waals surface area (Å²) < 4.78 is 4.49. The molecule has 0 aliphatic rings. The van der Waals surface area contributed by atoms with Crippen LogP contribution >= 0.6 is 0 Å². The van der Waals surface area contributed by atoms with Gasteiger partial charge in [-0.05, 0) is 0 Å². The van der Waals surface area contributed by atoms with Gasteiger partial charge in [-0.25, -0.2) is 0 Å². The van der Waals surface area contributed by atoms with E-state index in [0.717, 1.165) is 55.4 Å². The fourth-order valence-electron chi connectivity index (χ4n) is 5.79. The molecule has 41 heavy (non-hydrogen) atoms. The summed E-state index contributed by atoms with van der Waals surface area (Å²) in [4.78, 5) is 10.4. The first-order valence-electron chi connectivity index (χ1n) is 13.9. The number of fused-ring (bicyclic) bond motifs is 6. The van der Waals surface area contributed by atoms with Crippen molar-refractivity contribution in [1.82, 2.24) is 18.8 Å².